The van der Waals surface area contributed by atoms with Gasteiger partial charge in [-0.15, -0.1) is 0 Å². The third kappa shape index (κ3) is 2.30. The quantitative estimate of drug-likeness (QED) is 0.778. The second-order valence-electron chi connectivity index (χ2n) is 4.09. The summed E-state index contributed by atoms with van der Waals surface area (Å²) >= 11 is 5.88. The molecule has 5 heteroatoms. The van der Waals surface area contributed by atoms with Gasteiger partial charge in [0.1, 0.15) is 5.69 Å². The van der Waals surface area contributed by atoms with E-state index in [4.69, 9.17) is 17.3 Å². The molecule has 3 aromatic rings. The van der Waals surface area contributed by atoms with Crippen molar-refractivity contribution in [1.82, 2.24) is 14.8 Å². The Morgan fingerprint density at radius 3 is 2.37 bits per heavy atom. The van der Waals surface area contributed by atoms with Crippen molar-refractivity contribution in [2.24, 2.45) is 0 Å². The number of halogens is 1. The first-order valence-electron chi connectivity index (χ1n) is 5.75. The Morgan fingerprint density at radius 2 is 1.68 bits per heavy atom. The summed E-state index contributed by atoms with van der Waals surface area (Å²) in [5.74, 6) is 0. The molecule has 0 aliphatic rings. The summed E-state index contributed by atoms with van der Waals surface area (Å²) in [4.78, 5) is 3.98. The van der Waals surface area contributed by atoms with Crippen molar-refractivity contribution in [3.63, 3.8) is 0 Å². The van der Waals surface area contributed by atoms with Crippen LogP contribution in [-0.2, 0) is 0 Å². The molecule has 0 spiro atoms. The van der Waals surface area contributed by atoms with Gasteiger partial charge in [-0.25, -0.2) is 4.68 Å². The molecule has 2 N–H and O–H groups in total. The fourth-order valence-corrected chi connectivity index (χ4v) is 1.97. The first-order valence-corrected chi connectivity index (χ1v) is 6.13. The Balaban J connectivity index is 2.05. The summed E-state index contributed by atoms with van der Waals surface area (Å²) < 4.78 is 1.74. The Morgan fingerprint density at radius 1 is 1.00 bits per heavy atom. The van der Waals surface area contributed by atoms with E-state index in [1.54, 1.807) is 23.3 Å². The van der Waals surface area contributed by atoms with Crippen molar-refractivity contribution >= 4 is 17.3 Å². The predicted octanol–water partition coefficient (Wildman–Crippen LogP) is 3.17. The van der Waals surface area contributed by atoms with Gasteiger partial charge in [-0.1, -0.05) is 23.7 Å². The molecule has 0 saturated carbocycles. The lowest BCUT2D eigenvalue weighted by molar-refractivity contribution is 0.881. The monoisotopic (exact) mass is 270 g/mol. The maximum absolute atomic E-state index is 6.02. The van der Waals surface area contributed by atoms with Crippen LogP contribution in [0.3, 0.4) is 0 Å². The summed E-state index contributed by atoms with van der Waals surface area (Å²) in [6.45, 7) is 0. The van der Waals surface area contributed by atoms with Crippen LogP contribution in [0.25, 0.3) is 16.9 Å². The van der Waals surface area contributed by atoms with Gasteiger partial charge in [-0.3, -0.25) is 4.98 Å². The lowest BCUT2D eigenvalue weighted by atomic mass is 10.1. The molecule has 19 heavy (non-hydrogen) atoms. The summed E-state index contributed by atoms with van der Waals surface area (Å²) in [5, 5.41) is 5.19. The maximum atomic E-state index is 6.02. The van der Waals surface area contributed by atoms with Gasteiger partial charge in [0.15, 0.2) is 0 Å². The fourth-order valence-electron chi connectivity index (χ4n) is 1.85. The Hall–Kier alpha value is -2.33. The molecule has 1 aromatic carbocycles. The molecule has 0 unspecified atom stereocenters. The normalized spacial score (nSPS) is 10.6. The summed E-state index contributed by atoms with van der Waals surface area (Å²) in [7, 11) is 0. The highest BCUT2D eigenvalue weighted by atomic mass is 35.5. The van der Waals surface area contributed by atoms with Crippen molar-refractivity contribution in [3.05, 3.63) is 60.0 Å². The molecule has 0 bridgehead atoms. The van der Waals surface area contributed by atoms with E-state index in [0.717, 1.165) is 16.9 Å². The van der Waals surface area contributed by atoms with E-state index in [-0.39, 0.29) is 0 Å². The Kier molecular flexibility index (Phi) is 2.93. The van der Waals surface area contributed by atoms with Gasteiger partial charge >= 0.3 is 0 Å². The lowest BCUT2D eigenvalue weighted by Gasteiger charge is -2.00. The highest BCUT2D eigenvalue weighted by Gasteiger charge is 2.09. The molecular weight excluding hydrogens is 260 g/mol. The zero-order valence-electron chi connectivity index (χ0n) is 9.99. The molecule has 3 rings (SSSR count). The first-order chi connectivity index (χ1) is 9.24. The summed E-state index contributed by atoms with van der Waals surface area (Å²) in [6.07, 6.45) is 5.23. The number of aromatic nitrogens is 3. The van der Waals surface area contributed by atoms with E-state index < -0.39 is 0 Å². The van der Waals surface area contributed by atoms with E-state index in [2.05, 4.69) is 10.1 Å². The largest absolute Gasteiger partial charge is 0.396 e. The number of nitrogen functional groups attached to an aromatic ring is 1. The topological polar surface area (TPSA) is 56.7 Å². The van der Waals surface area contributed by atoms with Gasteiger partial charge in [0.05, 0.1) is 17.6 Å². The second kappa shape index (κ2) is 4.74. The van der Waals surface area contributed by atoms with Crippen LogP contribution in [0.1, 0.15) is 0 Å². The number of benzene rings is 1. The van der Waals surface area contributed by atoms with Gasteiger partial charge in [0.25, 0.3) is 0 Å². The average molecular weight is 271 g/mol. The first kappa shape index (κ1) is 11.7. The Bertz CT molecular complexity index is 689. The number of hydrogen-bond donors (Lipinski definition) is 1. The van der Waals surface area contributed by atoms with Crippen molar-refractivity contribution < 1.29 is 0 Å². The number of pyridine rings is 1. The SMILES string of the molecule is Nc1cn(-c2ccncc2)nc1-c1ccc(Cl)cc1. The van der Waals surface area contributed by atoms with Crippen LogP contribution >= 0.6 is 11.6 Å². The molecule has 4 nitrogen and oxygen atoms in total. The third-order valence-electron chi connectivity index (χ3n) is 2.79. The highest BCUT2D eigenvalue weighted by Crippen LogP contribution is 2.26. The second-order valence-corrected chi connectivity index (χ2v) is 4.53. The molecule has 2 aromatic heterocycles. The molecule has 0 fully saturated rings. The molecule has 0 aliphatic carbocycles. The van der Waals surface area contributed by atoms with Gasteiger partial charge in [-0.2, -0.15) is 5.10 Å². The minimum atomic E-state index is 0.624. The van der Waals surface area contributed by atoms with Crippen LogP contribution < -0.4 is 5.73 Å². The standard InChI is InChI=1S/C14H11ClN4/c15-11-3-1-10(2-4-11)14-13(16)9-19(18-14)12-5-7-17-8-6-12/h1-9H,16H2. The molecule has 2 heterocycles. The zero-order chi connectivity index (χ0) is 13.2. The minimum absolute atomic E-state index is 0.624. The van der Waals surface area contributed by atoms with Crippen LogP contribution in [-0.4, -0.2) is 14.8 Å². The molecule has 0 amide bonds. The molecule has 0 radical (unpaired) electrons. The molecule has 0 saturated heterocycles. The zero-order valence-corrected chi connectivity index (χ0v) is 10.7. The van der Waals surface area contributed by atoms with Gasteiger partial charge in [-0.05, 0) is 24.3 Å². The molecule has 0 aliphatic heterocycles. The van der Waals surface area contributed by atoms with Crippen molar-refractivity contribution in [3.8, 4) is 16.9 Å². The van der Waals surface area contributed by atoms with Gasteiger partial charge in [0, 0.05) is 23.0 Å². The lowest BCUT2D eigenvalue weighted by Crippen LogP contribution is -1.94. The predicted molar refractivity (Wildman–Crippen MR) is 76.2 cm³/mol. The van der Waals surface area contributed by atoms with E-state index in [0.29, 0.717) is 10.7 Å². The minimum Gasteiger partial charge on any atom is -0.396 e. The summed E-state index contributed by atoms with van der Waals surface area (Å²) in [6, 6.07) is 11.2. The summed E-state index contributed by atoms with van der Waals surface area (Å²) in [5.41, 5.74) is 9.24. The molecule has 94 valence electrons. The van der Waals surface area contributed by atoms with E-state index >= 15 is 0 Å². The van der Waals surface area contributed by atoms with Crippen molar-refractivity contribution in [1.29, 1.82) is 0 Å². The van der Waals surface area contributed by atoms with Crippen LogP contribution in [0.15, 0.2) is 55.0 Å². The molecular formula is C14H11ClN4. The number of anilines is 1. The number of hydrogen-bond acceptors (Lipinski definition) is 3. The Labute approximate surface area is 115 Å². The van der Waals surface area contributed by atoms with Crippen LogP contribution in [0.2, 0.25) is 5.02 Å². The van der Waals surface area contributed by atoms with Crippen LogP contribution in [0.5, 0.6) is 0 Å². The van der Waals surface area contributed by atoms with E-state index in [1.165, 1.54) is 0 Å². The number of nitrogens with zero attached hydrogens (tertiary/aromatic N) is 3. The fraction of sp³-hybridized carbons (Fsp3) is 0. The third-order valence-corrected chi connectivity index (χ3v) is 3.04. The number of rotatable bonds is 2. The average Bonchev–Trinajstić information content (AvgIpc) is 2.83. The highest BCUT2D eigenvalue weighted by molar-refractivity contribution is 6.30. The van der Waals surface area contributed by atoms with Crippen molar-refractivity contribution in [2.45, 2.75) is 0 Å². The van der Waals surface area contributed by atoms with Crippen molar-refractivity contribution in [2.75, 3.05) is 5.73 Å². The van der Waals surface area contributed by atoms with E-state index in [9.17, 15) is 0 Å². The van der Waals surface area contributed by atoms with Crippen LogP contribution in [0.4, 0.5) is 5.69 Å². The maximum Gasteiger partial charge on any atom is 0.116 e. The number of nitrogens with two attached hydrogens (primary N) is 1. The smallest absolute Gasteiger partial charge is 0.116 e. The van der Waals surface area contributed by atoms with Gasteiger partial charge < -0.3 is 5.73 Å². The van der Waals surface area contributed by atoms with Gasteiger partial charge in [0.2, 0.25) is 0 Å². The molecule has 0 atom stereocenters. The van der Waals surface area contributed by atoms with Crippen LogP contribution in [0, 0.1) is 0 Å². The van der Waals surface area contributed by atoms with E-state index in [1.807, 2.05) is 36.4 Å².